The lowest BCUT2D eigenvalue weighted by Crippen LogP contribution is -2.26. The minimum absolute atomic E-state index is 0.140. The summed E-state index contributed by atoms with van der Waals surface area (Å²) < 4.78 is 1.78. The van der Waals surface area contributed by atoms with Crippen molar-refractivity contribution in [2.45, 2.75) is 6.04 Å². The molecular formula is C15H18ClN5. The van der Waals surface area contributed by atoms with E-state index in [1.165, 1.54) is 0 Å². The van der Waals surface area contributed by atoms with Crippen molar-refractivity contribution in [3.8, 4) is 6.07 Å². The number of halogens is 1. The van der Waals surface area contributed by atoms with Crippen molar-refractivity contribution in [2.24, 2.45) is 7.05 Å². The van der Waals surface area contributed by atoms with E-state index in [0.29, 0.717) is 22.8 Å². The van der Waals surface area contributed by atoms with Gasteiger partial charge < -0.3 is 10.2 Å². The third kappa shape index (κ3) is 3.54. The molecule has 5 nitrogen and oxygen atoms in total. The molecule has 0 saturated heterocycles. The van der Waals surface area contributed by atoms with Crippen molar-refractivity contribution < 1.29 is 0 Å². The molecule has 0 fully saturated rings. The Hall–Kier alpha value is -2.03. The average molecular weight is 304 g/mol. The van der Waals surface area contributed by atoms with Crippen LogP contribution in [0.1, 0.15) is 17.2 Å². The lowest BCUT2D eigenvalue weighted by Gasteiger charge is -2.24. The molecule has 2 aromatic rings. The number of aromatic nitrogens is 2. The topological polar surface area (TPSA) is 56.9 Å². The van der Waals surface area contributed by atoms with Crippen LogP contribution in [0.15, 0.2) is 30.6 Å². The van der Waals surface area contributed by atoms with Gasteiger partial charge in [0.05, 0.1) is 28.5 Å². The molecule has 6 heteroatoms. The van der Waals surface area contributed by atoms with Gasteiger partial charge in [0.1, 0.15) is 6.07 Å². The van der Waals surface area contributed by atoms with Crippen LogP contribution < -0.4 is 5.32 Å². The summed E-state index contributed by atoms with van der Waals surface area (Å²) in [5.41, 5.74) is 2.34. The van der Waals surface area contributed by atoms with Crippen molar-refractivity contribution in [1.29, 1.82) is 5.26 Å². The fourth-order valence-electron chi connectivity index (χ4n) is 2.21. The SMILES string of the molecule is CN(C)C(CNc1c(Cl)cccc1C#N)c1cnn(C)c1. The van der Waals surface area contributed by atoms with Gasteiger partial charge in [-0.05, 0) is 26.2 Å². The highest BCUT2D eigenvalue weighted by molar-refractivity contribution is 6.33. The number of para-hydroxylation sites is 1. The Balaban J connectivity index is 2.19. The largest absolute Gasteiger partial charge is 0.381 e. The summed E-state index contributed by atoms with van der Waals surface area (Å²) in [4.78, 5) is 2.10. The number of rotatable bonds is 5. The van der Waals surface area contributed by atoms with Crippen LogP contribution in [-0.2, 0) is 7.05 Å². The van der Waals surface area contributed by atoms with E-state index in [-0.39, 0.29) is 6.04 Å². The van der Waals surface area contributed by atoms with Crippen molar-refractivity contribution in [3.63, 3.8) is 0 Å². The average Bonchev–Trinajstić information content (AvgIpc) is 2.86. The number of likely N-dealkylation sites (N-methyl/N-ethyl adjacent to an activating group) is 1. The van der Waals surface area contributed by atoms with Gasteiger partial charge in [0.15, 0.2) is 0 Å². The molecule has 0 aliphatic rings. The number of hydrogen-bond acceptors (Lipinski definition) is 4. The Morgan fingerprint density at radius 1 is 1.48 bits per heavy atom. The molecular weight excluding hydrogens is 286 g/mol. The first-order chi connectivity index (χ1) is 10.0. The summed E-state index contributed by atoms with van der Waals surface area (Å²) in [5.74, 6) is 0. The van der Waals surface area contributed by atoms with Gasteiger partial charge in [-0.1, -0.05) is 17.7 Å². The summed E-state index contributed by atoms with van der Waals surface area (Å²) in [6.45, 7) is 0.636. The molecule has 2 rings (SSSR count). The second-order valence-corrected chi connectivity index (χ2v) is 5.49. The summed E-state index contributed by atoms with van der Waals surface area (Å²) in [6.07, 6.45) is 3.84. The Kier molecular flexibility index (Phi) is 4.84. The van der Waals surface area contributed by atoms with Crippen LogP contribution in [0.3, 0.4) is 0 Å². The maximum Gasteiger partial charge on any atom is 0.101 e. The number of anilines is 1. The van der Waals surface area contributed by atoms with Crippen LogP contribution in [-0.4, -0.2) is 35.3 Å². The minimum atomic E-state index is 0.140. The van der Waals surface area contributed by atoms with Crippen molar-refractivity contribution in [3.05, 3.63) is 46.7 Å². The molecule has 110 valence electrons. The standard InChI is InChI=1S/C15H18ClN5/c1-20(2)14(12-8-19-21(3)10-12)9-18-15-11(7-17)5-4-6-13(15)16/h4-6,8,10,14,18H,9H2,1-3H3. The van der Waals surface area contributed by atoms with E-state index >= 15 is 0 Å². The molecule has 0 spiro atoms. The van der Waals surface area contributed by atoms with Crippen LogP contribution in [0.5, 0.6) is 0 Å². The molecule has 0 amide bonds. The van der Waals surface area contributed by atoms with E-state index in [9.17, 15) is 0 Å². The first kappa shape index (κ1) is 15.4. The van der Waals surface area contributed by atoms with E-state index in [4.69, 9.17) is 16.9 Å². The van der Waals surface area contributed by atoms with E-state index in [1.54, 1.807) is 22.9 Å². The molecule has 1 N–H and O–H groups in total. The van der Waals surface area contributed by atoms with Crippen LogP contribution in [0.25, 0.3) is 0 Å². The van der Waals surface area contributed by atoms with Gasteiger partial charge in [-0.3, -0.25) is 4.68 Å². The lowest BCUT2D eigenvalue weighted by molar-refractivity contribution is 0.311. The van der Waals surface area contributed by atoms with Gasteiger partial charge in [0, 0.05) is 25.4 Å². The van der Waals surface area contributed by atoms with Gasteiger partial charge in [0.2, 0.25) is 0 Å². The third-order valence-electron chi connectivity index (χ3n) is 3.34. The van der Waals surface area contributed by atoms with Crippen molar-refractivity contribution in [2.75, 3.05) is 26.0 Å². The first-order valence-corrected chi connectivity index (χ1v) is 6.98. The Morgan fingerprint density at radius 2 is 2.24 bits per heavy atom. The highest BCUT2D eigenvalue weighted by Crippen LogP contribution is 2.27. The van der Waals surface area contributed by atoms with Crippen LogP contribution in [0.4, 0.5) is 5.69 Å². The van der Waals surface area contributed by atoms with Crippen LogP contribution in [0.2, 0.25) is 5.02 Å². The summed E-state index contributed by atoms with van der Waals surface area (Å²) in [7, 11) is 5.92. The Labute approximate surface area is 129 Å². The number of nitrogens with zero attached hydrogens (tertiary/aromatic N) is 4. The molecule has 0 aliphatic carbocycles. The zero-order valence-corrected chi connectivity index (χ0v) is 13.1. The molecule has 21 heavy (non-hydrogen) atoms. The Bertz CT molecular complexity index is 656. The summed E-state index contributed by atoms with van der Waals surface area (Å²) in [5, 5.41) is 17.2. The second-order valence-electron chi connectivity index (χ2n) is 5.08. The predicted molar refractivity (Wildman–Crippen MR) is 84.3 cm³/mol. The summed E-state index contributed by atoms with van der Waals surface area (Å²) in [6, 6.07) is 7.60. The number of nitriles is 1. The molecule has 1 heterocycles. The molecule has 0 aliphatic heterocycles. The smallest absolute Gasteiger partial charge is 0.101 e. The lowest BCUT2D eigenvalue weighted by atomic mass is 10.1. The highest BCUT2D eigenvalue weighted by atomic mass is 35.5. The number of benzene rings is 1. The molecule has 1 aromatic heterocycles. The number of hydrogen-bond donors (Lipinski definition) is 1. The van der Waals surface area contributed by atoms with E-state index in [0.717, 1.165) is 5.56 Å². The molecule has 0 radical (unpaired) electrons. The fraction of sp³-hybridized carbons (Fsp3) is 0.333. The Morgan fingerprint density at radius 3 is 2.81 bits per heavy atom. The zero-order valence-electron chi connectivity index (χ0n) is 12.3. The fourth-order valence-corrected chi connectivity index (χ4v) is 2.45. The number of aryl methyl sites for hydroxylation is 1. The summed E-state index contributed by atoms with van der Waals surface area (Å²) >= 11 is 6.18. The van der Waals surface area contributed by atoms with E-state index < -0.39 is 0 Å². The molecule has 0 bridgehead atoms. The number of nitrogens with one attached hydrogen (secondary N) is 1. The first-order valence-electron chi connectivity index (χ1n) is 6.60. The molecule has 1 atom stereocenters. The van der Waals surface area contributed by atoms with Crippen LogP contribution >= 0.6 is 11.6 Å². The van der Waals surface area contributed by atoms with E-state index in [1.807, 2.05) is 33.5 Å². The minimum Gasteiger partial charge on any atom is -0.381 e. The normalized spacial score (nSPS) is 12.2. The monoisotopic (exact) mass is 303 g/mol. The quantitative estimate of drug-likeness (QED) is 0.922. The van der Waals surface area contributed by atoms with E-state index in [2.05, 4.69) is 21.4 Å². The van der Waals surface area contributed by atoms with Gasteiger partial charge in [-0.15, -0.1) is 0 Å². The van der Waals surface area contributed by atoms with Gasteiger partial charge in [-0.2, -0.15) is 10.4 Å². The molecule has 0 saturated carbocycles. The third-order valence-corrected chi connectivity index (χ3v) is 3.65. The zero-order chi connectivity index (χ0) is 15.4. The van der Waals surface area contributed by atoms with Crippen molar-refractivity contribution in [1.82, 2.24) is 14.7 Å². The molecule has 1 aromatic carbocycles. The second kappa shape index (κ2) is 6.61. The molecule has 1 unspecified atom stereocenters. The predicted octanol–water partition coefficient (Wildman–Crippen LogP) is 2.66. The van der Waals surface area contributed by atoms with Crippen LogP contribution in [0, 0.1) is 11.3 Å². The maximum absolute atomic E-state index is 9.17. The van der Waals surface area contributed by atoms with Gasteiger partial charge in [-0.25, -0.2) is 0 Å². The van der Waals surface area contributed by atoms with Gasteiger partial charge >= 0.3 is 0 Å². The maximum atomic E-state index is 9.17. The van der Waals surface area contributed by atoms with Crippen molar-refractivity contribution >= 4 is 17.3 Å². The van der Waals surface area contributed by atoms with Gasteiger partial charge in [0.25, 0.3) is 0 Å². The highest BCUT2D eigenvalue weighted by Gasteiger charge is 2.17.